The van der Waals surface area contributed by atoms with Crippen molar-refractivity contribution in [2.45, 2.75) is 19.5 Å². The largest absolute Gasteiger partial charge is 0.338 e. The average Bonchev–Trinajstić information content (AvgIpc) is 2.97. The molecule has 4 rings (SSSR count). The summed E-state index contributed by atoms with van der Waals surface area (Å²) in [5.74, 6) is 0.856. The predicted octanol–water partition coefficient (Wildman–Crippen LogP) is 0.643. The van der Waals surface area contributed by atoms with Gasteiger partial charge in [0.2, 0.25) is 5.95 Å². The SMILES string of the molecule is Cc1nnc(CN2CC(N3CCN(c4ncccn4)CC3)C2)s1. The van der Waals surface area contributed by atoms with Gasteiger partial charge < -0.3 is 4.90 Å². The lowest BCUT2D eigenvalue weighted by molar-refractivity contribution is 0.0253. The van der Waals surface area contributed by atoms with Crippen LogP contribution in [0.1, 0.15) is 10.0 Å². The predicted molar refractivity (Wildman–Crippen MR) is 89.5 cm³/mol. The normalized spacial score (nSPS) is 20.7. The number of nitrogens with zero attached hydrogens (tertiary/aromatic N) is 7. The van der Waals surface area contributed by atoms with Crippen molar-refractivity contribution in [3.63, 3.8) is 0 Å². The molecule has 0 spiro atoms. The van der Waals surface area contributed by atoms with E-state index in [1.54, 1.807) is 11.3 Å². The molecule has 23 heavy (non-hydrogen) atoms. The van der Waals surface area contributed by atoms with Gasteiger partial charge >= 0.3 is 0 Å². The van der Waals surface area contributed by atoms with Crippen molar-refractivity contribution in [3.05, 3.63) is 28.5 Å². The summed E-state index contributed by atoms with van der Waals surface area (Å²) in [6.07, 6.45) is 3.63. The molecule has 2 saturated heterocycles. The molecule has 7 nitrogen and oxygen atoms in total. The molecular formula is C15H21N7S. The maximum Gasteiger partial charge on any atom is 0.225 e. The Morgan fingerprint density at radius 1 is 1.09 bits per heavy atom. The molecule has 0 saturated carbocycles. The molecule has 0 aliphatic carbocycles. The van der Waals surface area contributed by atoms with Gasteiger partial charge in [-0.25, -0.2) is 9.97 Å². The topological polar surface area (TPSA) is 61.3 Å². The highest BCUT2D eigenvalue weighted by Gasteiger charge is 2.34. The van der Waals surface area contributed by atoms with E-state index in [4.69, 9.17) is 0 Å². The molecule has 2 aliphatic rings. The third kappa shape index (κ3) is 3.34. The summed E-state index contributed by atoms with van der Waals surface area (Å²) in [7, 11) is 0. The molecule has 8 heteroatoms. The first kappa shape index (κ1) is 14.9. The van der Waals surface area contributed by atoms with Gasteiger partial charge in [-0.05, 0) is 13.0 Å². The molecule has 0 N–H and O–H groups in total. The maximum atomic E-state index is 4.34. The highest BCUT2D eigenvalue weighted by atomic mass is 32.1. The molecule has 0 atom stereocenters. The van der Waals surface area contributed by atoms with Crippen molar-refractivity contribution in [2.24, 2.45) is 0 Å². The highest BCUT2D eigenvalue weighted by molar-refractivity contribution is 7.11. The summed E-state index contributed by atoms with van der Waals surface area (Å²) in [4.78, 5) is 16.0. The van der Waals surface area contributed by atoms with Crippen molar-refractivity contribution in [1.29, 1.82) is 0 Å². The maximum absolute atomic E-state index is 4.34. The molecule has 2 aliphatic heterocycles. The molecular weight excluding hydrogens is 310 g/mol. The Bertz CT molecular complexity index is 632. The smallest absolute Gasteiger partial charge is 0.225 e. The quantitative estimate of drug-likeness (QED) is 0.815. The fourth-order valence-electron chi connectivity index (χ4n) is 3.24. The number of aryl methyl sites for hydroxylation is 1. The van der Waals surface area contributed by atoms with Crippen LogP contribution in [0.15, 0.2) is 18.5 Å². The van der Waals surface area contributed by atoms with Crippen LogP contribution in [0.4, 0.5) is 5.95 Å². The second-order valence-electron chi connectivity index (χ2n) is 6.13. The van der Waals surface area contributed by atoms with E-state index in [0.717, 1.165) is 61.8 Å². The minimum atomic E-state index is 0.683. The zero-order valence-corrected chi connectivity index (χ0v) is 14.1. The Kier molecular flexibility index (Phi) is 4.19. The minimum absolute atomic E-state index is 0.683. The number of aromatic nitrogens is 4. The Labute approximate surface area is 140 Å². The summed E-state index contributed by atoms with van der Waals surface area (Å²) in [6.45, 7) is 9.44. The number of anilines is 1. The van der Waals surface area contributed by atoms with Gasteiger partial charge in [0, 0.05) is 57.7 Å². The first-order valence-corrected chi connectivity index (χ1v) is 8.87. The molecule has 0 bridgehead atoms. The first-order chi connectivity index (χ1) is 11.3. The van der Waals surface area contributed by atoms with Gasteiger partial charge in [0.15, 0.2) is 0 Å². The van der Waals surface area contributed by atoms with Gasteiger partial charge in [-0.15, -0.1) is 21.5 Å². The molecule has 0 amide bonds. The lowest BCUT2D eigenvalue weighted by atomic mass is 10.1. The number of hydrogen-bond acceptors (Lipinski definition) is 8. The van der Waals surface area contributed by atoms with Gasteiger partial charge in [0.25, 0.3) is 0 Å². The summed E-state index contributed by atoms with van der Waals surface area (Å²) in [5.41, 5.74) is 0. The van der Waals surface area contributed by atoms with Crippen molar-refractivity contribution >= 4 is 17.3 Å². The van der Waals surface area contributed by atoms with Gasteiger partial charge in [-0.2, -0.15) is 0 Å². The van der Waals surface area contributed by atoms with E-state index in [2.05, 4.69) is 34.9 Å². The van der Waals surface area contributed by atoms with Crippen molar-refractivity contribution in [1.82, 2.24) is 30.0 Å². The summed E-state index contributed by atoms with van der Waals surface area (Å²) < 4.78 is 0. The van der Waals surface area contributed by atoms with Crippen LogP contribution < -0.4 is 4.90 Å². The van der Waals surface area contributed by atoms with E-state index in [1.165, 1.54) is 0 Å². The van der Waals surface area contributed by atoms with E-state index in [0.29, 0.717) is 6.04 Å². The average molecular weight is 331 g/mol. The van der Waals surface area contributed by atoms with Crippen molar-refractivity contribution in [3.8, 4) is 0 Å². The van der Waals surface area contributed by atoms with E-state index < -0.39 is 0 Å². The Morgan fingerprint density at radius 3 is 2.48 bits per heavy atom. The third-order valence-corrected chi connectivity index (χ3v) is 5.35. The molecule has 2 aromatic rings. The van der Waals surface area contributed by atoms with Crippen LogP contribution >= 0.6 is 11.3 Å². The molecule has 2 fully saturated rings. The lowest BCUT2D eigenvalue weighted by Gasteiger charge is -2.48. The minimum Gasteiger partial charge on any atom is -0.338 e. The Morgan fingerprint density at radius 2 is 1.83 bits per heavy atom. The Hall–Kier alpha value is -1.64. The van der Waals surface area contributed by atoms with Gasteiger partial charge in [0.05, 0.1) is 6.54 Å². The zero-order chi connectivity index (χ0) is 15.6. The molecule has 0 radical (unpaired) electrons. The fraction of sp³-hybridized carbons (Fsp3) is 0.600. The third-order valence-electron chi connectivity index (χ3n) is 4.53. The van der Waals surface area contributed by atoms with Crippen LogP contribution in [0.5, 0.6) is 0 Å². The van der Waals surface area contributed by atoms with Crippen LogP contribution in [0.3, 0.4) is 0 Å². The van der Waals surface area contributed by atoms with Gasteiger partial charge in [-0.1, -0.05) is 0 Å². The molecule has 0 unspecified atom stereocenters. The standard InChI is InChI=1S/C15H21N7S/c1-12-18-19-14(23-12)11-20-9-13(10-20)21-5-7-22(8-6-21)15-16-3-2-4-17-15/h2-4,13H,5-11H2,1H3. The summed E-state index contributed by atoms with van der Waals surface area (Å²) in [5, 5.41) is 10.5. The monoisotopic (exact) mass is 331 g/mol. The van der Waals surface area contributed by atoms with Crippen LogP contribution in [-0.4, -0.2) is 75.3 Å². The van der Waals surface area contributed by atoms with E-state index >= 15 is 0 Å². The van der Waals surface area contributed by atoms with Gasteiger partial charge in [0.1, 0.15) is 10.0 Å². The first-order valence-electron chi connectivity index (χ1n) is 8.05. The van der Waals surface area contributed by atoms with Crippen LogP contribution in [-0.2, 0) is 6.54 Å². The molecule has 0 aromatic carbocycles. The lowest BCUT2D eigenvalue weighted by Crippen LogP contribution is -2.62. The van der Waals surface area contributed by atoms with Crippen molar-refractivity contribution < 1.29 is 0 Å². The van der Waals surface area contributed by atoms with Crippen LogP contribution in [0, 0.1) is 6.92 Å². The molecule has 4 heterocycles. The molecule has 2 aromatic heterocycles. The van der Waals surface area contributed by atoms with Gasteiger partial charge in [-0.3, -0.25) is 9.80 Å². The second kappa shape index (κ2) is 6.46. The molecule has 122 valence electrons. The van der Waals surface area contributed by atoms with Crippen LogP contribution in [0.2, 0.25) is 0 Å². The van der Waals surface area contributed by atoms with Crippen LogP contribution in [0.25, 0.3) is 0 Å². The number of piperazine rings is 1. The fourth-order valence-corrected chi connectivity index (χ4v) is 3.99. The number of rotatable bonds is 4. The Balaban J connectivity index is 1.23. The van der Waals surface area contributed by atoms with E-state index in [9.17, 15) is 0 Å². The number of likely N-dealkylation sites (tertiary alicyclic amines) is 1. The van der Waals surface area contributed by atoms with E-state index in [1.807, 2.05) is 25.4 Å². The zero-order valence-electron chi connectivity index (χ0n) is 13.3. The van der Waals surface area contributed by atoms with E-state index in [-0.39, 0.29) is 0 Å². The second-order valence-corrected chi connectivity index (χ2v) is 7.40. The summed E-state index contributed by atoms with van der Waals surface area (Å²) in [6, 6.07) is 2.55. The summed E-state index contributed by atoms with van der Waals surface area (Å²) >= 11 is 1.70. The van der Waals surface area contributed by atoms with Crippen molar-refractivity contribution in [2.75, 3.05) is 44.2 Å². The highest BCUT2D eigenvalue weighted by Crippen LogP contribution is 2.21. The number of hydrogen-bond donors (Lipinski definition) is 0.